The fourth-order valence-corrected chi connectivity index (χ4v) is 4.33. The average Bonchev–Trinajstić information content (AvgIpc) is 3.00. The molecule has 0 radical (unpaired) electrons. The third-order valence-electron chi connectivity index (χ3n) is 6.59. The summed E-state index contributed by atoms with van der Waals surface area (Å²) in [7, 11) is 2.09. The van der Waals surface area contributed by atoms with Crippen LogP contribution in [-0.4, -0.2) is 62.1 Å². The Morgan fingerprint density at radius 1 is 0.809 bits per heavy atom. The number of nitrogens with zero attached hydrogens (tertiary/aromatic N) is 1. The van der Waals surface area contributed by atoms with E-state index in [1.807, 2.05) is 13.8 Å². The Labute approximate surface area is 270 Å². The quantitative estimate of drug-likeness (QED) is 0.260. The second-order valence-electron chi connectivity index (χ2n) is 12.0. The third-order valence-corrected chi connectivity index (χ3v) is 6.59. The molecule has 0 heterocycles. The van der Waals surface area contributed by atoms with Gasteiger partial charge in [-0.3, -0.25) is 14.4 Å². The molecule has 2 N–H and O–H groups in total. The van der Waals surface area contributed by atoms with Gasteiger partial charge in [0.1, 0.15) is 5.60 Å². The number of methoxy groups -OCH3 is 1. The summed E-state index contributed by atoms with van der Waals surface area (Å²) in [6.07, 6.45) is -5.19. The van der Waals surface area contributed by atoms with Gasteiger partial charge in [-0.25, -0.2) is 9.59 Å². The zero-order valence-electron chi connectivity index (χ0n) is 27.0. The van der Waals surface area contributed by atoms with E-state index in [4.69, 9.17) is 9.47 Å². The van der Waals surface area contributed by atoms with E-state index in [-0.39, 0.29) is 50.7 Å². The van der Waals surface area contributed by atoms with Crippen molar-refractivity contribution in [2.24, 2.45) is 5.92 Å². The summed E-state index contributed by atoms with van der Waals surface area (Å²) in [5.41, 5.74) is -0.920. The van der Waals surface area contributed by atoms with Gasteiger partial charge in [-0.05, 0) is 80.3 Å². The van der Waals surface area contributed by atoms with Crippen LogP contribution in [-0.2, 0) is 14.3 Å². The highest BCUT2D eigenvalue weighted by molar-refractivity contribution is 6.12. The van der Waals surface area contributed by atoms with Gasteiger partial charge in [-0.2, -0.15) is 13.2 Å². The van der Waals surface area contributed by atoms with Crippen LogP contribution in [0.15, 0.2) is 60.7 Å². The molecule has 0 aromatic heterocycles. The maximum Gasteiger partial charge on any atom is 0.471 e. The number of nitrogens with one attached hydrogen (secondary N) is 2. The molecular formula is C34H36F3N3O7. The van der Waals surface area contributed by atoms with Crippen molar-refractivity contribution in [1.82, 2.24) is 5.32 Å². The molecule has 0 saturated carbocycles. The molecule has 3 aromatic rings. The minimum atomic E-state index is -5.19. The lowest BCUT2D eigenvalue weighted by molar-refractivity contribution is -0.170. The summed E-state index contributed by atoms with van der Waals surface area (Å²) in [4.78, 5) is 64.6. The van der Waals surface area contributed by atoms with Crippen LogP contribution in [0.25, 0.3) is 11.1 Å². The maximum atomic E-state index is 13.8. The molecule has 0 atom stereocenters. The molecule has 3 aromatic carbocycles. The van der Waals surface area contributed by atoms with E-state index in [0.717, 1.165) is 13.1 Å². The number of anilines is 2. The summed E-state index contributed by atoms with van der Waals surface area (Å²) < 4.78 is 50.2. The molecule has 0 aliphatic rings. The number of amides is 3. The van der Waals surface area contributed by atoms with Gasteiger partial charge in [0.2, 0.25) is 0 Å². The highest BCUT2D eigenvalue weighted by atomic mass is 19.4. The number of rotatable bonds is 9. The molecular weight excluding hydrogens is 619 g/mol. The Morgan fingerprint density at radius 2 is 1.45 bits per heavy atom. The first kappa shape index (κ1) is 36.3. The van der Waals surface area contributed by atoms with Crippen molar-refractivity contribution in [3.63, 3.8) is 0 Å². The number of ether oxygens (including phenoxy) is 2. The minimum Gasteiger partial charge on any atom is -0.465 e. The summed E-state index contributed by atoms with van der Waals surface area (Å²) >= 11 is 0. The van der Waals surface area contributed by atoms with Gasteiger partial charge in [0.05, 0.1) is 18.2 Å². The molecule has 0 bridgehead atoms. The molecule has 0 fully saturated rings. The molecule has 3 rings (SSSR count). The minimum absolute atomic E-state index is 0.0817. The number of carbonyl (C=O) groups is 5. The molecule has 0 unspecified atom stereocenters. The van der Waals surface area contributed by atoms with E-state index in [1.54, 1.807) is 20.8 Å². The molecule has 250 valence electrons. The maximum absolute atomic E-state index is 13.8. The van der Waals surface area contributed by atoms with Gasteiger partial charge in [-0.15, -0.1) is 0 Å². The van der Waals surface area contributed by atoms with E-state index in [9.17, 15) is 37.1 Å². The van der Waals surface area contributed by atoms with Gasteiger partial charge in [0.25, 0.3) is 11.8 Å². The Kier molecular flexibility index (Phi) is 11.2. The molecule has 0 aliphatic heterocycles. The SMILES string of the molecule is COC(=O)c1cccc(NC(=O)c2cc(N(C)C(=O)C(F)(F)F)ccc2-c2ccc(C(=O)NCC(C)C)cc2C(=O)OC(C)(C)C)c1. The van der Waals surface area contributed by atoms with E-state index in [0.29, 0.717) is 11.4 Å². The number of benzene rings is 3. The first-order valence-electron chi connectivity index (χ1n) is 14.5. The van der Waals surface area contributed by atoms with Crippen LogP contribution in [0.5, 0.6) is 0 Å². The number of hydrogen-bond acceptors (Lipinski definition) is 7. The standard InChI is InChI=1S/C34H36F3N3O7/c1-19(2)18-38-28(41)20-11-13-25(27(16-20)31(44)47-33(3,4)5)24-14-12-23(40(6)32(45)34(35,36)37)17-26(24)29(42)39-22-10-8-9-21(15-22)30(43)46-7/h8-17,19H,18H2,1-7H3,(H,38,41)(H,39,42). The van der Waals surface area contributed by atoms with E-state index >= 15 is 0 Å². The molecule has 13 heteroatoms. The van der Waals surface area contributed by atoms with Gasteiger partial charge in [0.15, 0.2) is 0 Å². The number of halogens is 3. The number of hydrogen-bond donors (Lipinski definition) is 2. The van der Waals surface area contributed by atoms with Gasteiger partial charge in [-0.1, -0.05) is 32.0 Å². The Morgan fingerprint density at radius 3 is 2.04 bits per heavy atom. The van der Waals surface area contributed by atoms with Crippen molar-refractivity contribution in [2.75, 3.05) is 30.9 Å². The molecule has 3 amide bonds. The van der Waals surface area contributed by atoms with Crippen LogP contribution in [0.3, 0.4) is 0 Å². The molecule has 10 nitrogen and oxygen atoms in total. The van der Waals surface area contributed by atoms with Crippen molar-refractivity contribution in [3.05, 3.63) is 82.9 Å². The predicted molar refractivity (Wildman–Crippen MR) is 169 cm³/mol. The van der Waals surface area contributed by atoms with Crippen LogP contribution in [0.4, 0.5) is 24.5 Å². The van der Waals surface area contributed by atoms with Crippen LogP contribution in [0.2, 0.25) is 0 Å². The lowest BCUT2D eigenvalue weighted by Gasteiger charge is -2.23. The van der Waals surface area contributed by atoms with Crippen LogP contribution in [0, 0.1) is 5.92 Å². The summed E-state index contributed by atoms with van der Waals surface area (Å²) in [6.45, 7) is 9.14. The topological polar surface area (TPSA) is 131 Å². The van der Waals surface area contributed by atoms with Gasteiger partial charge in [0, 0.05) is 36.1 Å². The zero-order chi connectivity index (χ0) is 35.3. The van der Waals surface area contributed by atoms with E-state index in [1.165, 1.54) is 61.7 Å². The highest BCUT2D eigenvalue weighted by Crippen LogP contribution is 2.34. The fraction of sp³-hybridized carbons (Fsp3) is 0.324. The average molecular weight is 656 g/mol. The predicted octanol–water partition coefficient (Wildman–Crippen LogP) is 6.26. The van der Waals surface area contributed by atoms with Gasteiger partial charge < -0.3 is 25.0 Å². The molecule has 0 spiro atoms. The first-order valence-corrected chi connectivity index (χ1v) is 14.5. The van der Waals surface area contributed by atoms with Crippen molar-refractivity contribution >= 4 is 41.0 Å². The van der Waals surface area contributed by atoms with Crippen LogP contribution < -0.4 is 15.5 Å². The second kappa shape index (κ2) is 14.5. The van der Waals surface area contributed by atoms with E-state index < -0.39 is 41.4 Å². The first-order chi connectivity index (χ1) is 21.8. The highest BCUT2D eigenvalue weighted by Gasteiger charge is 2.42. The number of carbonyl (C=O) groups excluding carboxylic acids is 5. The summed E-state index contributed by atoms with van der Waals surface area (Å²) in [5.74, 6) is -4.81. The van der Waals surface area contributed by atoms with Crippen molar-refractivity contribution in [2.45, 2.75) is 46.4 Å². The third kappa shape index (κ3) is 9.41. The van der Waals surface area contributed by atoms with Crippen molar-refractivity contribution in [3.8, 4) is 11.1 Å². The van der Waals surface area contributed by atoms with E-state index in [2.05, 4.69) is 10.6 Å². The normalized spacial score (nSPS) is 11.5. The monoisotopic (exact) mass is 655 g/mol. The molecule has 0 aliphatic carbocycles. The summed E-state index contributed by atoms with van der Waals surface area (Å²) in [6, 6.07) is 13.5. The van der Waals surface area contributed by atoms with Crippen molar-refractivity contribution < 1.29 is 46.6 Å². The lowest BCUT2D eigenvalue weighted by Crippen LogP contribution is -2.38. The molecule has 47 heavy (non-hydrogen) atoms. The largest absolute Gasteiger partial charge is 0.471 e. The second-order valence-corrected chi connectivity index (χ2v) is 12.0. The smallest absolute Gasteiger partial charge is 0.465 e. The van der Waals surface area contributed by atoms with Crippen molar-refractivity contribution in [1.29, 1.82) is 0 Å². The lowest BCUT2D eigenvalue weighted by atomic mass is 9.92. The zero-order valence-corrected chi connectivity index (χ0v) is 27.0. The number of alkyl halides is 3. The Hall–Kier alpha value is -5.20. The fourth-order valence-electron chi connectivity index (χ4n) is 4.33. The van der Waals surface area contributed by atoms with Crippen LogP contribution in [0.1, 0.15) is 76.1 Å². The Balaban J connectivity index is 2.23. The number of esters is 2. The van der Waals surface area contributed by atoms with Gasteiger partial charge >= 0.3 is 24.0 Å². The summed E-state index contributed by atoms with van der Waals surface area (Å²) in [5, 5.41) is 5.38. The molecule has 0 saturated heterocycles. The Bertz CT molecular complexity index is 1690. The van der Waals surface area contributed by atoms with Crippen LogP contribution >= 0.6 is 0 Å².